The predicted molar refractivity (Wildman–Crippen MR) is 106 cm³/mol. The van der Waals surface area contributed by atoms with Crippen LogP contribution in [0.2, 0.25) is 0 Å². The van der Waals surface area contributed by atoms with Crippen molar-refractivity contribution in [2.24, 2.45) is 4.99 Å². The van der Waals surface area contributed by atoms with Gasteiger partial charge in [0.15, 0.2) is 5.96 Å². The fraction of sp³-hybridized carbons (Fsp3) is 0.500. The van der Waals surface area contributed by atoms with Crippen LogP contribution in [0.3, 0.4) is 0 Å². The lowest BCUT2D eigenvalue weighted by molar-refractivity contribution is 0.125. The van der Waals surface area contributed by atoms with Gasteiger partial charge < -0.3 is 19.9 Å². The van der Waals surface area contributed by atoms with E-state index in [9.17, 15) is 0 Å². The van der Waals surface area contributed by atoms with Crippen molar-refractivity contribution in [3.63, 3.8) is 0 Å². The number of nitrogens with zero attached hydrogens (tertiary/aromatic N) is 3. The van der Waals surface area contributed by atoms with Crippen molar-refractivity contribution < 1.29 is 4.74 Å². The predicted octanol–water partition coefficient (Wildman–Crippen LogP) is 2.74. The van der Waals surface area contributed by atoms with Crippen LogP contribution in [0.4, 0.5) is 0 Å². The second kappa shape index (κ2) is 12.1. The Morgan fingerprint density at radius 3 is 2.77 bits per heavy atom. The maximum absolute atomic E-state index is 5.69. The fourth-order valence-corrected chi connectivity index (χ4v) is 2.57. The minimum atomic E-state index is 0.643. The molecule has 0 aliphatic carbocycles. The Morgan fingerprint density at radius 2 is 2.04 bits per heavy atom. The summed E-state index contributed by atoms with van der Waals surface area (Å²) in [5, 5.41) is 6.59. The Labute approximate surface area is 156 Å². The molecule has 1 heterocycles. The van der Waals surface area contributed by atoms with E-state index in [0.29, 0.717) is 13.2 Å². The Kier molecular flexibility index (Phi) is 9.29. The summed E-state index contributed by atoms with van der Waals surface area (Å²) >= 11 is 0. The highest BCUT2D eigenvalue weighted by molar-refractivity contribution is 5.79. The zero-order chi connectivity index (χ0) is 18.5. The summed E-state index contributed by atoms with van der Waals surface area (Å²) in [6.45, 7) is 8.81. The smallest absolute Gasteiger partial charge is 0.191 e. The second-order valence-electron chi connectivity index (χ2n) is 6.10. The molecule has 0 unspecified atom stereocenters. The van der Waals surface area contributed by atoms with Gasteiger partial charge in [0.05, 0.1) is 13.2 Å². The quantitative estimate of drug-likeness (QED) is 0.369. The van der Waals surface area contributed by atoms with Gasteiger partial charge in [0.1, 0.15) is 5.82 Å². The monoisotopic (exact) mass is 357 g/mol. The highest BCUT2D eigenvalue weighted by atomic mass is 16.5. The highest BCUT2D eigenvalue weighted by Gasteiger charge is 1.99. The molecule has 0 atom stereocenters. The van der Waals surface area contributed by atoms with Crippen LogP contribution >= 0.6 is 0 Å². The van der Waals surface area contributed by atoms with Crippen LogP contribution in [0.1, 0.15) is 31.2 Å². The topological polar surface area (TPSA) is 63.5 Å². The highest BCUT2D eigenvalue weighted by Crippen LogP contribution is 2.01. The maximum Gasteiger partial charge on any atom is 0.191 e. The molecule has 0 aliphatic rings. The number of aryl methyl sites for hydroxylation is 2. The van der Waals surface area contributed by atoms with Crippen molar-refractivity contribution in [2.45, 2.75) is 39.8 Å². The first-order valence-corrected chi connectivity index (χ1v) is 9.41. The number of unbranched alkanes of at least 4 members (excludes halogenated alkanes) is 1. The first-order chi connectivity index (χ1) is 12.8. The van der Waals surface area contributed by atoms with Crippen molar-refractivity contribution >= 4 is 5.96 Å². The van der Waals surface area contributed by atoms with Gasteiger partial charge in [0.25, 0.3) is 0 Å². The Hall–Kier alpha value is -2.34. The van der Waals surface area contributed by atoms with Crippen molar-refractivity contribution in [3.8, 4) is 0 Å². The van der Waals surface area contributed by atoms with E-state index < -0.39 is 0 Å². The molecule has 26 heavy (non-hydrogen) atoms. The Balaban J connectivity index is 1.59. The summed E-state index contributed by atoms with van der Waals surface area (Å²) < 4.78 is 7.87. The van der Waals surface area contributed by atoms with E-state index in [1.807, 2.05) is 37.5 Å². The number of hydrogen-bond donors (Lipinski definition) is 2. The summed E-state index contributed by atoms with van der Waals surface area (Å²) in [6, 6.07) is 10.2. The molecule has 6 nitrogen and oxygen atoms in total. The molecule has 0 saturated carbocycles. The molecule has 6 heteroatoms. The molecule has 0 spiro atoms. The zero-order valence-corrected chi connectivity index (χ0v) is 15.9. The largest absolute Gasteiger partial charge is 0.375 e. The molecule has 0 radical (unpaired) electrons. The lowest BCUT2D eigenvalue weighted by Gasteiger charge is -2.11. The van der Waals surface area contributed by atoms with Gasteiger partial charge >= 0.3 is 0 Å². The molecule has 142 valence electrons. The molecule has 1 aromatic heterocycles. The van der Waals surface area contributed by atoms with Crippen LogP contribution in [0.25, 0.3) is 0 Å². The molecule has 2 N–H and O–H groups in total. The third kappa shape index (κ3) is 7.70. The van der Waals surface area contributed by atoms with E-state index in [4.69, 9.17) is 4.74 Å². The van der Waals surface area contributed by atoms with Gasteiger partial charge in [0.2, 0.25) is 0 Å². The lowest BCUT2D eigenvalue weighted by atomic mass is 10.2. The summed E-state index contributed by atoms with van der Waals surface area (Å²) in [7, 11) is 0. The maximum atomic E-state index is 5.69. The van der Waals surface area contributed by atoms with Crippen LogP contribution in [-0.2, 0) is 17.9 Å². The third-order valence-corrected chi connectivity index (χ3v) is 4.00. The van der Waals surface area contributed by atoms with E-state index >= 15 is 0 Å². The Bertz CT molecular complexity index is 639. The van der Waals surface area contributed by atoms with Crippen LogP contribution in [-0.4, -0.2) is 41.8 Å². The standard InChI is InChI=1S/C20H31N5O/c1-3-21-20(23-11-7-8-14-25-15-12-22-18(25)2)24-13-16-26-17-19-9-5-4-6-10-19/h4-6,9-10,12,15H,3,7-8,11,13-14,16-17H2,1-2H3,(H2,21,23,24). The SMILES string of the molecule is CCNC(=NCCCCn1ccnc1C)NCCOCc1ccccc1. The minimum absolute atomic E-state index is 0.643. The molecule has 0 bridgehead atoms. The fourth-order valence-electron chi connectivity index (χ4n) is 2.57. The van der Waals surface area contributed by atoms with Crippen molar-refractivity contribution in [3.05, 3.63) is 54.1 Å². The van der Waals surface area contributed by atoms with E-state index in [2.05, 4.69) is 44.2 Å². The average Bonchev–Trinajstić information content (AvgIpc) is 3.07. The van der Waals surface area contributed by atoms with Gasteiger partial charge in [-0.25, -0.2) is 4.98 Å². The van der Waals surface area contributed by atoms with E-state index in [1.54, 1.807) is 0 Å². The summed E-state index contributed by atoms with van der Waals surface area (Å²) in [4.78, 5) is 8.86. The molecule has 0 aliphatic heterocycles. The molecular formula is C20H31N5O. The number of aromatic nitrogens is 2. The molecule has 1 aromatic carbocycles. The van der Waals surface area contributed by atoms with Crippen LogP contribution in [0.5, 0.6) is 0 Å². The van der Waals surface area contributed by atoms with Crippen molar-refractivity contribution in [1.29, 1.82) is 0 Å². The van der Waals surface area contributed by atoms with Crippen LogP contribution < -0.4 is 10.6 Å². The van der Waals surface area contributed by atoms with Gasteiger partial charge in [0, 0.05) is 38.6 Å². The van der Waals surface area contributed by atoms with Crippen molar-refractivity contribution in [2.75, 3.05) is 26.2 Å². The third-order valence-electron chi connectivity index (χ3n) is 4.00. The van der Waals surface area contributed by atoms with Gasteiger partial charge in [-0.2, -0.15) is 0 Å². The second-order valence-corrected chi connectivity index (χ2v) is 6.10. The summed E-state index contributed by atoms with van der Waals surface area (Å²) in [5.41, 5.74) is 1.20. The molecule has 0 saturated heterocycles. The van der Waals surface area contributed by atoms with Crippen LogP contribution in [0, 0.1) is 6.92 Å². The first kappa shape index (κ1) is 20.0. The number of benzene rings is 1. The zero-order valence-electron chi connectivity index (χ0n) is 15.9. The number of imidazole rings is 1. The number of rotatable bonds is 11. The average molecular weight is 358 g/mol. The van der Waals surface area contributed by atoms with Gasteiger partial charge in [-0.1, -0.05) is 30.3 Å². The number of ether oxygens (including phenoxy) is 1. The molecule has 2 aromatic rings. The van der Waals surface area contributed by atoms with E-state index in [1.165, 1.54) is 5.56 Å². The van der Waals surface area contributed by atoms with Gasteiger partial charge in [-0.05, 0) is 32.3 Å². The summed E-state index contributed by atoms with van der Waals surface area (Å²) in [5.74, 6) is 1.92. The number of guanidine groups is 1. The van der Waals surface area contributed by atoms with E-state index in [-0.39, 0.29) is 0 Å². The van der Waals surface area contributed by atoms with Gasteiger partial charge in [-0.3, -0.25) is 4.99 Å². The first-order valence-electron chi connectivity index (χ1n) is 9.41. The number of nitrogens with one attached hydrogen (secondary N) is 2. The number of aliphatic imine (C=N–C) groups is 1. The van der Waals surface area contributed by atoms with Crippen molar-refractivity contribution in [1.82, 2.24) is 20.2 Å². The number of hydrogen-bond acceptors (Lipinski definition) is 3. The molecule has 0 fully saturated rings. The Morgan fingerprint density at radius 1 is 1.19 bits per heavy atom. The minimum Gasteiger partial charge on any atom is -0.375 e. The van der Waals surface area contributed by atoms with Crippen LogP contribution in [0.15, 0.2) is 47.7 Å². The molecule has 0 amide bonds. The lowest BCUT2D eigenvalue weighted by Crippen LogP contribution is -2.39. The normalized spacial score (nSPS) is 11.5. The summed E-state index contributed by atoms with van der Waals surface area (Å²) in [6.07, 6.45) is 6.03. The van der Waals surface area contributed by atoms with Gasteiger partial charge in [-0.15, -0.1) is 0 Å². The molecule has 2 rings (SSSR count). The van der Waals surface area contributed by atoms with E-state index in [0.717, 1.165) is 50.8 Å². The molecular weight excluding hydrogens is 326 g/mol.